The van der Waals surface area contributed by atoms with Crippen molar-refractivity contribution in [3.8, 4) is 0 Å². The lowest BCUT2D eigenvalue weighted by Crippen LogP contribution is -2.39. The van der Waals surface area contributed by atoms with Crippen molar-refractivity contribution in [2.45, 2.75) is 74.7 Å². The van der Waals surface area contributed by atoms with Gasteiger partial charge in [-0.05, 0) is 29.1 Å². The smallest absolute Gasteiger partial charge is 0.0277 e. The van der Waals surface area contributed by atoms with Crippen LogP contribution in [-0.2, 0) is 0 Å². The predicted molar refractivity (Wildman–Crippen MR) is 71.1 cm³/mol. The van der Waals surface area contributed by atoms with E-state index in [4.69, 9.17) is 0 Å². The maximum Gasteiger partial charge on any atom is -0.0277 e. The Morgan fingerprint density at radius 1 is 0.867 bits per heavy atom. The molecule has 0 heteroatoms. The van der Waals surface area contributed by atoms with E-state index in [1.54, 1.807) is 0 Å². The average molecular weight is 212 g/mol. The van der Waals surface area contributed by atoms with Gasteiger partial charge in [0.05, 0.1) is 0 Å². The van der Waals surface area contributed by atoms with Crippen molar-refractivity contribution >= 4 is 0 Å². The minimum atomic E-state index is 0.436. The van der Waals surface area contributed by atoms with Crippen LogP contribution in [0.1, 0.15) is 74.7 Å². The van der Waals surface area contributed by atoms with Crippen LogP contribution in [0.4, 0.5) is 0 Å². The van der Waals surface area contributed by atoms with E-state index in [2.05, 4.69) is 55.4 Å². The van der Waals surface area contributed by atoms with Crippen molar-refractivity contribution < 1.29 is 0 Å². The van der Waals surface area contributed by atoms with Gasteiger partial charge in [0.1, 0.15) is 0 Å². The van der Waals surface area contributed by atoms with Gasteiger partial charge in [0.15, 0.2) is 0 Å². The highest BCUT2D eigenvalue weighted by Gasteiger charge is 2.40. The SMILES string of the molecule is CCC(C)CC(C)(C)C(C)(C)C(C)CC. The lowest BCUT2D eigenvalue weighted by molar-refractivity contribution is 0.0246. The molecule has 0 rings (SSSR count). The molecule has 0 saturated carbocycles. The quantitative estimate of drug-likeness (QED) is 0.543. The maximum absolute atomic E-state index is 2.45. The van der Waals surface area contributed by atoms with Gasteiger partial charge in [-0.25, -0.2) is 0 Å². The van der Waals surface area contributed by atoms with Crippen LogP contribution in [0.2, 0.25) is 0 Å². The van der Waals surface area contributed by atoms with Crippen molar-refractivity contribution in [1.29, 1.82) is 0 Å². The molecule has 0 aliphatic heterocycles. The Kier molecular flexibility index (Phi) is 5.37. The summed E-state index contributed by atoms with van der Waals surface area (Å²) in [5.74, 6) is 1.65. The monoisotopic (exact) mass is 212 g/mol. The second-order valence-corrected chi connectivity index (χ2v) is 6.63. The molecule has 0 fully saturated rings. The van der Waals surface area contributed by atoms with Crippen molar-refractivity contribution in [3.63, 3.8) is 0 Å². The molecule has 0 aromatic heterocycles. The van der Waals surface area contributed by atoms with Gasteiger partial charge < -0.3 is 0 Å². The van der Waals surface area contributed by atoms with Gasteiger partial charge in [-0.1, -0.05) is 68.2 Å². The minimum Gasteiger partial charge on any atom is -0.0651 e. The molecule has 0 aromatic carbocycles. The topological polar surface area (TPSA) is 0 Å². The van der Waals surface area contributed by atoms with Crippen LogP contribution >= 0.6 is 0 Å². The van der Waals surface area contributed by atoms with Crippen LogP contribution in [0, 0.1) is 22.7 Å². The molecule has 0 radical (unpaired) electrons. The summed E-state index contributed by atoms with van der Waals surface area (Å²) >= 11 is 0. The Bertz CT molecular complexity index is 176. The summed E-state index contributed by atoms with van der Waals surface area (Å²) in [7, 11) is 0. The molecule has 0 N–H and O–H groups in total. The standard InChI is InChI=1S/C15H32/c1-9-12(3)11-14(5,6)15(7,8)13(4)10-2/h12-13H,9-11H2,1-8H3. The zero-order chi connectivity index (χ0) is 12.3. The van der Waals surface area contributed by atoms with Gasteiger partial charge >= 0.3 is 0 Å². The van der Waals surface area contributed by atoms with E-state index in [0.717, 1.165) is 11.8 Å². The van der Waals surface area contributed by atoms with Crippen molar-refractivity contribution in [2.24, 2.45) is 22.7 Å². The van der Waals surface area contributed by atoms with Gasteiger partial charge in [0, 0.05) is 0 Å². The second kappa shape index (κ2) is 5.37. The fourth-order valence-corrected chi connectivity index (χ4v) is 2.46. The summed E-state index contributed by atoms with van der Waals surface area (Å²) in [4.78, 5) is 0. The summed E-state index contributed by atoms with van der Waals surface area (Å²) in [6.45, 7) is 19.2. The number of hydrogen-bond donors (Lipinski definition) is 0. The first-order chi connectivity index (χ1) is 6.69. The summed E-state index contributed by atoms with van der Waals surface area (Å²) in [5, 5.41) is 0. The van der Waals surface area contributed by atoms with E-state index in [-0.39, 0.29) is 0 Å². The van der Waals surface area contributed by atoms with Crippen LogP contribution in [0.25, 0.3) is 0 Å². The summed E-state index contributed by atoms with van der Waals surface area (Å²) in [5.41, 5.74) is 0.878. The van der Waals surface area contributed by atoms with Crippen molar-refractivity contribution in [1.82, 2.24) is 0 Å². The van der Waals surface area contributed by atoms with E-state index in [1.165, 1.54) is 19.3 Å². The molecule has 2 unspecified atom stereocenters. The number of rotatable bonds is 6. The Hall–Kier alpha value is 0. The largest absolute Gasteiger partial charge is 0.0651 e. The molecule has 0 heterocycles. The van der Waals surface area contributed by atoms with Crippen LogP contribution in [-0.4, -0.2) is 0 Å². The molecule has 0 amide bonds. The van der Waals surface area contributed by atoms with Crippen LogP contribution in [0.3, 0.4) is 0 Å². The molecule has 0 aliphatic rings. The fourth-order valence-electron chi connectivity index (χ4n) is 2.46. The van der Waals surface area contributed by atoms with Gasteiger partial charge in [-0.15, -0.1) is 0 Å². The zero-order valence-corrected chi connectivity index (χ0v) is 12.3. The van der Waals surface area contributed by atoms with E-state index in [9.17, 15) is 0 Å². The lowest BCUT2D eigenvalue weighted by Gasteiger charge is -2.47. The second-order valence-electron chi connectivity index (χ2n) is 6.63. The van der Waals surface area contributed by atoms with Crippen molar-refractivity contribution in [2.75, 3.05) is 0 Å². The van der Waals surface area contributed by atoms with E-state index < -0.39 is 0 Å². The Morgan fingerprint density at radius 2 is 1.33 bits per heavy atom. The minimum absolute atomic E-state index is 0.436. The predicted octanol–water partition coefficient (Wildman–Crippen LogP) is 5.52. The van der Waals surface area contributed by atoms with Crippen molar-refractivity contribution in [3.05, 3.63) is 0 Å². The van der Waals surface area contributed by atoms with Gasteiger partial charge in [0.2, 0.25) is 0 Å². The van der Waals surface area contributed by atoms with Crippen LogP contribution < -0.4 is 0 Å². The first-order valence-corrected chi connectivity index (χ1v) is 6.69. The van der Waals surface area contributed by atoms with E-state index in [0.29, 0.717) is 10.8 Å². The Balaban J connectivity index is 4.68. The summed E-state index contributed by atoms with van der Waals surface area (Å²) < 4.78 is 0. The third kappa shape index (κ3) is 3.50. The van der Waals surface area contributed by atoms with E-state index >= 15 is 0 Å². The normalized spacial score (nSPS) is 17.6. The highest BCUT2D eigenvalue weighted by molar-refractivity contribution is 4.90. The first kappa shape index (κ1) is 15.0. The highest BCUT2D eigenvalue weighted by atomic mass is 14.5. The molecule has 15 heavy (non-hydrogen) atoms. The average Bonchev–Trinajstić information content (AvgIpc) is 2.15. The summed E-state index contributed by atoms with van der Waals surface area (Å²) in [6, 6.07) is 0. The molecule has 0 aromatic rings. The molecule has 92 valence electrons. The molecule has 2 atom stereocenters. The third-order valence-electron chi connectivity index (χ3n) is 5.14. The van der Waals surface area contributed by atoms with Crippen LogP contribution in [0.15, 0.2) is 0 Å². The highest BCUT2D eigenvalue weighted by Crippen LogP contribution is 2.49. The zero-order valence-electron chi connectivity index (χ0n) is 12.3. The molecule has 0 nitrogen and oxygen atoms in total. The van der Waals surface area contributed by atoms with Gasteiger partial charge in [-0.3, -0.25) is 0 Å². The maximum atomic E-state index is 2.45. The van der Waals surface area contributed by atoms with Crippen LogP contribution in [0.5, 0.6) is 0 Å². The molecule has 0 bridgehead atoms. The number of hydrogen-bond acceptors (Lipinski definition) is 0. The molecule has 0 aliphatic carbocycles. The molecule has 0 saturated heterocycles. The fraction of sp³-hybridized carbons (Fsp3) is 1.00. The van der Waals surface area contributed by atoms with Gasteiger partial charge in [0.25, 0.3) is 0 Å². The molecule has 0 spiro atoms. The third-order valence-corrected chi connectivity index (χ3v) is 5.14. The molecular formula is C15H32. The van der Waals surface area contributed by atoms with Gasteiger partial charge in [-0.2, -0.15) is 0 Å². The van der Waals surface area contributed by atoms with E-state index in [1.807, 2.05) is 0 Å². The Morgan fingerprint density at radius 3 is 1.67 bits per heavy atom. The lowest BCUT2D eigenvalue weighted by atomic mass is 9.58. The first-order valence-electron chi connectivity index (χ1n) is 6.69. The summed E-state index contributed by atoms with van der Waals surface area (Å²) in [6.07, 6.45) is 3.94. The Labute approximate surface area is 97.8 Å². The molecular weight excluding hydrogens is 180 g/mol.